The molecule has 0 unspecified atom stereocenters. The van der Waals surface area contributed by atoms with Gasteiger partial charge in [-0.3, -0.25) is 4.68 Å². The van der Waals surface area contributed by atoms with Gasteiger partial charge in [-0.05, 0) is 18.2 Å². The van der Waals surface area contributed by atoms with Crippen molar-refractivity contribution in [3.8, 4) is 0 Å². The third kappa shape index (κ3) is 1.61. The van der Waals surface area contributed by atoms with Crippen molar-refractivity contribution in [3.63, 3.8) is 0 Å². The Morgan fingerprint density at radius 3 is 3.07 bits per heavy atom. The molecular formula is C10H14N4. The topological polar surface area (TPSA) is 42.7 Å². The van der Waals surface area contributed by atoms with Gasteiger partial charge in [0.1, 0.15) is 0 Å². The van der Waals surface area contributed by atoms with Crippen LogP contribution < -0.4 is 5.32 Å². The number of nitrogens with zero attached hydrogens (tertiary/aromatic N) is 3. The maximum absolute atomic E-state index is 4.35. The summed E-state index contributed by atoms with van der Waals surface area (Å²) in [5.41, 5.74) is 2.14. The number of nitrogens with one attached hydrogen (secondary N) is 1. The lowest BCUT2D eigenvalue weighted by molar-refractivity contribution is 0.724. The third-order valence-corrected chi connectivity index (χ3v) is 2.21. The van der Waals surface area contributed by atoms with Crippen LogP contribution in [0.15, 0.2) is 18.5 Å². The maximum Gasteiger partial charge on any atom is 0.157 e. The first-order valence-electron chi connectivity index (χ1n) is 4.78. The standard InChI is InChI=1S/C10H14N4/c1-3-11-5-8-4-9-7-13-14(2)10(9)12-6-8/h4,6-7,11H,3,5H2,1-2H3. The molecule has 0 fully saturated rings. The van der Waals surface area contributed by atoms with Crippen molar-refractivity contribution in [1.82, 2.24) is 20.1 Å². The van der Waals surface area contributed by atoms with E-state index >= 15 is 0 Å². The molecule has 2 heterocycles. The second-order valence-electron chi connectivity index (χ2n) is 3.30. The van der Waals surface area contributed by atoms with Crippen molar-refractivity contribution in [3.05, 3.63) is 24.0 Å². The van der Waals surface area contributed by atoms with Gasteiger partial charge in [-0.1, -0.05) is 6.92 Å². The maximum atomic E-state index is 4.35. The second kappa shape index (κ2) is 3.75. The van der Waals surface area contributed by atoms with Crippen LogP contribution in [0.4, 0.5) is 0 Å². The molecule has 0 atom stereocenters. The van der Waals surface area contributed by atoms with E-state index in [4.69, 9.17) is 0 Å². The van der Waals surface area contributed by atoms with Gasteiger partial charge in [0.15, 0.2) is 5.65 Å². The van der Waals surface area contributed by atoms with Gasteiger partial charge >= 0.3 is 0 Å². The van der Waals surface area contributed by atoms with E-state index in [0.29, 0.717) is 0 Å². The van der Waals surface area contributed by atoms with Crippen molar-refractivity contribution in [1.29, 1.82) is 0 Å². The molecule has 2 aromatic heterocycles. The summed E-state index contributed by atoms with van der Waals surface area (Å²) in [6, 6.07) is 2.12. The summed E-state index contributed by atoms with van der Waals surface area (Å²) in [6.07, 6.45) is 3.74. The third-order valence-electron chi connectivity index (χ3n) is 2.21. The highest BCUT2D eigenvalue weighted by Crippen LogP contribution is 2.11. The Morgan fingerprint density at radius 2 is 2.29 bits per heavy atom. The lowest BCUT2D eigenvalue weighted by atomic mass is 10.2. The highest BCUT2D eigenvalue weighted by molar-refractivity contribution is 5.74. The molecule has 0 aliphatic heterocycles. The summed E-state index contributed by atoms with van der Waals surface area (Å²) < 4.78 is 1.78. The quantitative estimate of drug-likeness (QED) is 0.787. The molecule has 1 N–H and O–H groups in total. The van der Waals surface area contributed by atoms with Crippen LogP contribution in [-0.2, 0) is 13.6 Å². The van der Waals surface area contributed by atoms with Crippen LogP contribution in [0.5, 0.6) is 0 Å². The summed E-state index contributed by atoms with van der Waals surface area (Å²) in [6.45, 7) is 3.94. The Bertz CT molecular complexity index is 433. The number of aromatic nitrogens is 3. The Hall–Kier alpha value is -1.42. The number of fused-ring (bicyclic) bond motifs is 1. The van der Waals surface area contributed by atoms with E-state index < -0.39 is 0 Å². The molecule has 2 rings (SSSR count). The average molecular weight is 190 g/mol. The first kappa shape index (κ1) is 9.15. The molecule has 0 radical (unpaired) electrons. The molecule has 0 spiro atoms. The lowest BCUT2D eigenvalue weighted by Crippen LogP contribution is -2.11. The van der Waals surface area contributed by atoms with Crippen LogP contribution in [0.25, 0.3) is 11.0 Å². The molecule has 0 bridgehead atoms. The van der Waals surface area contributed by atoms with E-state index in [9.17, 15) is 0 Å². The minimum absolute atomic E-state index is 0.869. The molecule has 4 nitrogen and oxygen atoms in total. The van der Waals surface area contributed by atoms with E-state index in [1.807, 2.05) is 19.4 Å². The number of hydrogen-bond donors (Lipinski definition) is 1. The van der Waals surface area contributed by atoms with Crippen LogP contribution in [0, 0.1) is 0 Å². The Kier molecular flexibility index (Phi) is 2.45. The first-order chi connectivity index (χ1) is 6.81. The fraction of sp³-hybridized carbons (Fsp3) is 0.400. The van der Waals surface area contributed by atoms with E-state index in [1.54, 1.807) is 4.68 Å². The van der Waals surface area contributed by atoms with Gasteiger partial charge in [0.2, 0.25) is 0 Å². The molecule has 0 aromatic carbocycles. The zero-order chi connectivity index (χ0) is 9.97. The van der Waals surface area contributed by atoms with Crippen molar-refractivity contribution in [2.24, 2.45) is 7.05 Å². The van der Waals surface area contributed by atoms with Crippen molar-refractivity contribution >= 4 is 11.0 Å². The minimum Gasteiger partial charge on any atom is -0.313 e. The van der Waals surface area contributed by atoms with Gasteiger partial charge in [0, 0.05) is 25.2 Å². The first-order valence-corrected chi connectivity index (χ1v) is 4.78. The SMILES string of the molecule is CCNCc1cnc2c(cnn2C)c1. The van der Waals surface area contributed by atoms with Gasteiger partial charge in [0.05, 0.1) is 6.20 Å². The van der Waals surface area contributed by atoms with Gasteiger partial charge in [-0.2, -0.15) is 5.10 Å². The average Bonchev–Trinajstić information content (AvgIpc) is 2.57. The molecule has 14 heavy (non-hydrogen) atoms. The minimum atomic E-state index is 0.869. The number of hydrogen-bond acceptors (Lipinski definition) is 3. The zero-order valence-electron chi connectivity index (χ0n) is 8.49. The fourth-order valence-electron chi connectivity index (χ4n) is 1.46. The predicted octanol–water partition coefficient (Wildman–Crippen LogP) is 1.08. The second-order valence-corrected chi connectivity index (χ2v) is 3.30. The summed E-state index contributed by atoms with van der Waals surface area (Å²) in [7, 11) is 1.90. The van der Waals surface area contributed by atoms with Gasteiger partial charge in [0.25, 0.3) is 0 Å². The van der Waals surface area contributed by atoms with E-state index in [2.05, 4.69) is 28.4 Å². The summed E-state index contributed by atoms with van der Waals surface area (Å²) in [5.74, 6) is 0. The molecule has 0 amide bonds. The molecule has 0 saturated carbocycles. The number of pyridine rings is 1. The smallest absolute Gasteiger partial charge is 0.157 e. The Balaban J connectivity index is 2.32. The number of aryl methyl sites for hydroxylation is 1. The predicted molar refractivity (Wildman–Crippen MR) is 55.9 cm³/mol. The van der Waals surface area contributed by atoms with Gasteiger partial charge in [-0.25, -0.2) is 4.98 Å². The summed E-state index contributed by atoms with van der Waals surface area (Å²) in [5, 5.41) is 8.52. The summed E-state index contributed by atoms with van der Waals surface area (Å²) in [4.78, 5) is 4.35. The molecule has 2 aromatic rings. The summed E-state index contributed by atoms with van der Waals surface area (Å²) >= 11 is 0. The fourth-order valence-corrected chi connectivity index (χ4v) is 1.46. The largest absolute Gasteiger partial charge is 0.313 e. The Morgan fingerprint density at radius 1 is 1.43 bits per heavy atom. The van der Waals surface area contributed by atoms with E-state index in [0.717, 1.165) is 24.1 Å². The van der Waals surface area contributed by atoms with Crippen molar-refractivity contribution < 1.29 is 0 Å². The Labute approximate surface area is 82.9 Å². The van der Waals surface area contributed by atoms with Crippen molar-refractivity contribution in [2.45, 2.75) is 13.5 Å². The van der Waals surface area contributed by atoms with E-state index in [-0.39, 0.29) is 0 Å². The normalized spacial score (nSPS) is 11.0. The van der Waals surface area contributed by atoms with Crippen LogP contribution in [-0.4, -0.2) is 21.3 Å². The lowest BCUT2D eigenvalue weighted by Gasteiger charge is -2.01. The van der Waals surface area contributed by atoms with Crippen LogP contribution in [0.3, 0.4) is 0 Å². The van der Waals surface area contributed by atoms with Crippen LogP contribution >= 0.6 is 0 Å². The highest BCUT2D eigenvalue weighted by Gasteiger charge is 2.01. The molecule has 0 aliphatic rings. The molecule has 4 heteroatoms. The molecule has 0 aliphatic carbocycles. The van der Waals surface area contributed by atoms with Gasteiger partial charge < -0.3 is 5.32 Å². The van der Waals surface area contributed by atoms with Crippen LogP contribution in [0.1, 0.15) is 12.5 Å². The number of rotatable bonds is 3. The molecule has 0 saturated heterocycles. The van der Waals surface area contributed by atoms with Gasteiger partial charge in [-0.15, -0.1) is 0 Å². The highest BCUT2D eigenvalue weighted by atomic mass is 15.3. The monoisotopic (exact) mass is 190 g/mol. The molecular weight excluding hydrogens is 176 g/mol. The molecule has 74 valence electrons. The zero-order valence-corrected chi connectivity index (χ0v) is 8.49. The van der Waals surface area contributed by atoms with Crippen molar-refractivity contribution in [2.75, 3.05) is 6.54 Å². The van der Waals surface area contributed by atoms with Crippen LogP contribution in [0.2, 0.25) is 0 Å². The van der Waals surface area contributed by atoms with E-state index in [1.165, 1.54) is 5.56 Å².